The number of aliphatic hydroxyl groups is 1. The molecule has 0 aliphatic carbocycles. The highest BCUT2D eigenvalue weighted by Crippen LogP contribution is 2.27. The molecule has 4 nitrogen and oxygen atoms in total. The van der Waals surface area contributed by atoms with Gasteiger partial charge in [-0.25, -0.2) is 8.42 Å². The Bertz CT molecular complexity index is 474. The summed E-state index contributed by atoms with van der Waals surface area (Å²) in [5.74, 6) is 0.824. The predicted molar refractivity (Wildman–Crippen MR) is 71.5 cm³/mol. The topological polar surface area (TPSA) is 63.6 Å². The van der Waals surface area contributed by atoms with Crippen LogP contribution in [-0.2, 0) is 15.4 Å². The van der Waals surface area contributed by atoms with Gasteiger partial charge in [0.1, 0.15) is 15.6 Å². The van der Waals surface area contributed by atoms with Gasteiger partial charge in [0.15, 0.2) is 0 Å². The van der Waals surface area contributed by atoms with Crippen LogP contribution in [0.25, 0.3) is 0 Å². The minimum Gasteiger partial charge on any atom is -0.497 e. The van der Waals surface area contributed by atoms with Gasteiger partial charge in [0, 0.05) is 12.0 Å². The number of methoxy groups -OCH3 is 1. The third-order valence-electron chi connectivity index (χ3n) is 2.89. The van der Waals surface area contributed by atoms with Crippen molar-refractivity contribution >= 4 is 9.84 Å². The van der Waals surface area contributed by atoms with E-state index in [1.54, 1.807) is 38.3 Å². The number of sulfone groups is 1. The predicted octanol–water partition coefficient (Wildman–Crippen LogP) is 1.73. The summed E-state index contributed by atoms with van der Waals surface area (Å²) in [4.78, 5) is 0. The first kappa shape index (κ1) is 15.0. The Labute approximate surface area is 109 Å². The zero-order valence-corrected chi connectivity index (χ0v) is 11.8. The zero-order valence-electron chi connectivity index (χ0n) is 11.0. The van der Waals surface area contributed by atoms with E-state index in [9.17, 15) is 13.5 Å². The molecule has 1 atom stereocenters. The second-order valence-corrected chi connectivity index (χ2v) is 7.00. The van der Waals surface area contributed by atoms with Crippen LogP contribution in [0.1, 0.15) is 25.3 Å². The summed E-state index contributed by atoms with van der Waals surface area (Å²) in [6, 6.07) is 7.14. The first-order chi connectivity index (χ1) is 8.24. The van der Waals surface area contributed by atoms with E-state index in [2.05, 4.69) is 0 Å². The molecule has 18 heavy (non-hydrogen) atoms. The molecule has 0 saturated carbocycles. The average molecular weight is 272 g/mol. The van der Waals surface area contributed by atoms with Crippen molar-refractivity contribution in [3.05, 3.63) is 29.8 Å². The molecular formula is C13H20O4S. The summed E-state index contributed by atoms with van der Waals surface area (Å²) in [7, 11) is -1.39. The Balaban J connectivity index is 2.67. The quantitative estimate of drug-likeness (QED) is 0.856. The van der Waals surface area contributed by atoms with E-state index < -0.39 is 15.4 Å². The maximum atomic E-state index is 11.0. The van der Waals surface area contributed by atoms with Crippen molar-refractivity contribution in [2.24, 2.45) is 0 Å². The van der Waals surface area contributed by atoms with Gasteiger partial charge in [-0.05, 0) is 37.5 Å². The fourth-order valence-corrected chi connectivity index (χ4v) is 2.44. The molecule has 0 amide bonds. The van der Waals surface area contributed by atoms with Gasteiger partial charge < -0.3 is 9.84 Å². The van der Waals surface area contributed by atoms with Gasteiger partial charge in [-0.3, -0.25) is 0 Å². The molecular weight excluding hydrogens is 252 g/mol. The molecule has 5 heteroatoms. The number of benzene rings is 1. The van der Waals surface area contributed by atoms with Crippen LogP contribution in [0.4, 0.5) is 0 Å². The molecule has 1 aromatic rings. The van der Waals surface area contributed by atoms with Gasteiger partial charge in [-0.15, -0.1) is 0 Å². The van der Waals surface area contributed by atoms with Crippen LogP contribution in [0.2, 0.25) is 0 Å². The summed E-state index contributed by atoms with van der Waals surface area (Å²) >= 11 is 0. The van der Waals surface area contributed by atoms with Crippen molar-refractivity contribution < 1.29 is 18.3 Å². The lowest BCUT2D eigenvalue weighted by Crippen LogP contribution is -2.22. The van der Waals surface area contributed by atoms with Gasteiger partial charge >= 0.3 is 0 Å². The summed E-state index contributed by atoms with van der Waals surface area (Å²) in [6.45, 7) is 1.69. The molecule has 1 rings (SSSR count). The second kappa shape index (κ2) is 5.71. The number of ether oxygens (including phenoxy) is 1. The molecule has 0 aliphatic heterocycles. The van der Waals surface area contributed by atoms with Crippen molar-refractivity contribution in [1.29, 1.82) is 0 Å². The largest absolute Gasteiger partial charge is 0.497 e. The monoisotopic (exact) mass is 272 g/mol. The number of rotatable bonds is 6. The zero-order chi connectivity index (χ0) is 13.8. The van der Waals surface area contributed by atoms with Crippen LogP contribution < -0.4 is 4.74 Å². The number of hydrogen-bond donors (Lipinski definition) is 1. The van der Waals surface area contributed by atoms with Crippen LogP contribution in [0.15, 0.2) is 24.3 Å². The molecule has 102 valence electrons. The van der Waals surface area contributed by atoms with Crippen LogP contribution in [0.5, 0.6) is 5.75 Å². The lowest BCUT2D eigenvalue weighted by molar-refractivity contribution is 0.0471. The molecule has 0 bridgehead atoms. The highest BCUT2D eigenvalue weighted by Gasteiger charge is 2.23. The Morgan fingerprint density at radius 2 is 1.83 bits per heavy atom. The third kappa shape index (κ3) is 4.66. The smallest absolute Gasteiger partial charge is 0.147 e. The third-order valence-corrected chi connectivity index (χ3v) is 3.92. The van der Waals surface area contributed by atoms with E-state index in [1.165, 1.54) is 6.26 Å². The molecule has 0 aliphatic rings. The standard InChI is InChI=1S/C13H20O4S/c1-13(14,9-4-10-18(3,15)16)11-5-7-12(17-2)8-6-11/h5-8,14H,4,9-10H2,1-3H3. The van der Waals surface area contributed by atoms with Crippen molar-refractivity contribution in [2.75, 3.05) is 19.1 Å². The van der Waals surface area contributed by atoms with E-state index >= 15 is 0 Å². The van der Waals surface area contributed by atoms with Gasteiger partial charge in [-0.1, -0.05) is 12.1 Å². The lowest BCUT2D eigenvalue weighted by Gasteiger charge is -2.23. The van der Waals surface area contributed by atoms with E-state index in [4.69, 9.17) is 4.74 Å². The van der Waals surface area contributed by atoms with Crippen molar-refractivity contribution in [1.82, 2.24) is 0 Å². The Kier molecular flexibility index (Phi) is 4.76. The minimum atomic E-state index is -2.97. The molecule has 1 N–H and O–H groups in total. The molecule has 1 unspecified atom stereocenters. The second-order valence-electron chi connectivity index (χ2n) is 4.74. The summed E-state index contributed by atoms with van der Waals surface area (Å²) in [6.07, 6.45) is 2.05. The molecule has 1 aromatic carbocycles. The van der Waals surface area contributed by atoms with Crippen LogP contribution in [0.3, 0.4) is 0 Å². The molecule has 0 fully saturated rings. The van der Waals surface area contributed by atoms with Gasteiger partial charge in [0.2, 0.25) is 0 Å². The summed E-state index contributed by atoms with van der Waals surface area (Å²) < 4.78 is 27.1. The maximum Gasteiger partial charge on any atom is 0.147 e. The minimum absolute atomic E-state index is 0.0965. The lowest BCUT2D eigenvalue weighted by atomic mass is 9.91. The van der Waals surface area contributed by atoms with E-state index in [-0.39, 0.29) is 5.75 Å². The van der Waals surface area contributed by atoms with E-state index in [0.29, 0.717) is 12.8 Å². The molecule has 0 radical (unpaired) electrons. The molecule has 0 aromatic heterocycles. The fraction of sp³-hybridized carbons (Fsp3) is 0.538. The Morgan fingerprint density at radius 3 is 2.28 bits per heavy atom. The van der Waals surface area contributed by atoms with Crippen molar-refractivity contribution in [2.45, 2.75) is 25.4 Å². The normalized spacial score (nSPS) is 15.1. The SMILES string of the molecule is COc1ccc(C(C)(O)CCCS(C)(=O)=O)cc1. The maximum absolute atomic E-state index is 11.0. The summed E-state index contributed by atoms with van der Waals surface area (Å²) in [5, 5.41) is 10.3. The Morgan fingerprint density at radius 1 is 1.28 bits per heavy atom. The highest BCUT2D eigenvalue weighted by atomic mass is 32.2. The van der Waals surface area contributed by atoms with Crippen LogP contribution in [0, 0.1) is 0 Å². The average Bonchev–Trinajstić information content (AvgIpc) is 2.27. The summed E-state index contributed by atoms with van der Waals surface area (Å²) in [5.41, 5.74) is -0.256. The fourth-order valence-electron chi connectivity index (χ4n) is 1.77. The first-order valence-electron chi connectivity index (χ1n) is 5.79. The van der Waals surface area contributed by atoms with Crippen molar-refractivity contribution in [3.8, 4) is 5.75 Å². The van der Waals surface area contributed by atoms with E-state index in [1.807, 2.05) is 0 Å². The van der Waals surface area contributed by atoms with Crippen LogP contribution >= 0.6 is 0 Å². The van der Waals surface area contributed by atoms with Gasteiger partial charge in [0.05, 0.1) is 12.7 Å². The van der Waals surface area contributed by atoms with Crippen molar-refractivity contribution in [3.63, 3.8) is 0 Å². The molecule has 0 spiro atoms. The van der Waals surface area contributed by atoms with Crippen LogP contribution in [-0.4, -0.2) is 32.6 Å². The highest BCUT2D eigenvalue weighted by molar-refractivity contribution is 7.90. The molecule has 0 saturated heterocycles. The first-order valence-corrected chi connectivity index (χ1v) is 7.85. The molecule has 0 heterocycles. The van der Waals surface area contributed by atoms with E-state index in [0.717, 1.165) is 11.3 Å². The van der Waals surface area contributed by atoms with Gasteiger partial charge in [-0.2, -0.15) is 0 Å². The van der Waals surface area contributed by atoms with Gasteiger partial charge in [0.25, 0.3) is 0 Å². The Hall–Kier alpha value is -1.07. The number of hydrogen-bond acceptors (Lipinski definition) is 4.